The van der Waals surface area contributed by atoms with E-state index in [1.807, 2.05) is 45.0 Å². The highest BCUT2D eigenvalue weighted by Crippen LogP contribution is 2.52. The van der Waals surface area contributed by atoms with Gasteiger partial charge in [0.05, 0.1) is 16.6 Å². The van der Waals surface area contributed by atoms with Crippen LogP contribution >= 0.6 is 0 Å². The van der Waals surface area contributed by atoms with Crippen LogP contribution in [0.25, 0.3) is 11.0 Å². The summed E-state index contributed by atoms with van der Waals surface area (Å²) in [5.41, 5.74) is 1.86. The third-order valence-electron chi connectivity index (χ3n) is 6.90. The number of hydrogen-bond acceptors (Lipinski definition) is 4. The van der Waals surface area contributed by atoms with Crippen LogP contribution in [0.5, 0.6) is 0 Å². The van der Waals surface area contributed by atoms with E-state index in [2.05, 4.69) is 6.58 Å². The molecule has 0 radical (unpaired) electrons. The first kappa shape index (κ1) is 21.2. The van der Waals surface area contributed by atoms with Gasteiger partial charge in [0.25, 0.3) is 11.8 Å². The Morgan fingerprint density at radius 2 is 1.82 bits per heavy atom. The molecule has 0 aliphatic carbocycles. The number of carbonyl (C=O) groups is 2. The van der Waals surface area contributed by atoms with Crippen LogP contribution in [0, 0.1) is 13.8 Å². The number of fused-ring (bicyclic) bond motifs is 5. The van der Waals surface area contributed by atoms with Crippen LogP contribution in [0.2, 0.25) is 0 Å². The van der Waals surface area contributed by atoms with E-state index in [1.54, 1.807) is 28.0 Å². The fourth-order valence-electron chi connectivity index (χ4n) is 5.17. The zero-order chi connectivity index (χ0) is 23.5. The summed E-state index contributed by atoms with van der Waals surface area (Å²) in [5.74, 6) is -0.767. The third-order valence-corrected chi connectivity index (χ3v) is 6.90. The standard InChI is InChI=1S/C27H26N2O4/c1-5-7-13-29-25(31)24-22(23(30)18-14-16(3)17(4)15-21(18)33-24)27(29)19-10-8-9-11-20(19)28(12-6-2)26(27)32/h6,8-11,14-15H,2,5,7,12-13H2,1,3-4H3. The van der Waals surface area contributed by atoms with Gasteiger partial charge in [0.2, 0.25) is 5.76 Å². The summed E-state index contributed by atoms with van der Waals surface area (Å²) in [6.45, 7) is 10.3. The highest BCUT2D eigenvalue weighted by Gasteiger charge is 2.64. The second kappa shape index (κ2) is 7.44. The van der Waals surface area contributed by atoms with Crippen molar-refractivity contribution in [2.24, 2.45) is 0 Å². The fourth-order valence-corrected chi connectivity index (χ4v) is 5.17. The van der Waals surface area contributed by atoms with Crippen molar-refractivity contribution in [2.45, 2.75) is 39.2 Å². The normalized spacial score (nSPS) is 19.0. The number of hydrogen-bond donors (Lipinski definition) is 0. The third kappa shape index (κ3) is 2.64. The number of carbonyl (C=O) groups excluding carboxylic acids is 2. The van der Waals surface area contributed by atoms with E-state index in [0.717, 1.165) is 17.5 Å². The van der Waals surface area contributed by atoms with Gasteiger partial charge in [-0.15, -0.1) is 6.58 Å². The summed E-state index contributed by atoms with van der Waals surface area (Å²) in [7, 11) is 0. The Morgan fingerprint density at radius 3 is 2.55 bits per heavy atom. The molecule has 1 atom stereocenters. The predicted octanol–water partition coefficient (Wildman–Crippen LogP) is 4.44. The van der Waals surface area contributed by atoms with Crippen molar-refractivity contribution in [1.29, 1.82) is 0 Å². The average Bonchev–Trinajstić information content (AvgIpc) is 3.19. The van der Waals surface area contributed by atoms with Gasteiger partial charge in [-0.1, -0.05) is 37.6 Å². The molecule has 1 unspecified atom stereocenters. The number of aryl methyl sites for hydroxylation is 2. The average molecular weight is 443 g/mol. The van der Waals surface area contributed by atoms with Gasteiger partial charge in [-0.25, -0.2) is 0 Å². The van der Waals surface area contributed by atoms with Crippen molar-refractivity contribution >= 4 is 28.5 Å². The molecule has 5 rings (SSSR count). The molecular formula is C27H26N2O4. The van der Waals surface area contributed by atoms with Crippen molar-refractivity contribution in [3.05, 3.63) is 87.3 Å². The van der Waals surface area contributed by atoms with Crippen molar-refractivity contribution in [3.8, 4) is 0 Å². The predicted molar refractivity (Wildman–Crippen MR) is 128 cm³/mol. The molecule has 1 aromatic heterocycles. The molecule has 2 amide bonds. The molecule has 2 aliphatic rings. The highest BCUT2D eigenvalue weighted by atomic mass is 16.3. The van der Waals surface area contributed by atoms with E-state index in [-0.39, 0.29) is 29.2 Å². The molecule has 0 bridgehead atoms. The van der Waals surface area contributed by atoms with Crippen molar-refractivity contribution in [2.75, 3.05) is 18.0 Å². The number of anilines is 1. The van der Waals surface area contributed by atoms with Gasteiger partial charge in [-0.3, -0.25) is 14.4 Å². The lowest BCUT2D eigenvalue weighted by Gasteiger charge is -2.34. The second-order valence-corrected chi connectivity index (χ2v) is 8.81. The zero-order valence-electron chi connectivity index (χ0n) is 19.1. The van der Waals surface area contributed by atoms with Crippen LogP contribution in [0.3, 0.4) is 0 Å². The lowest BCUT2D eigenvalue weighted by atomic mass is 9.83. The first-order chi connectivity index (χ1) is 15.9. The molecule has 1 spiro atoms. The SMILES string of the molecule is C=CCN1C(=O)C2(c3ccccc31)c1c(oc3cc(C)c(C)cc3c1=O)C(=O)N2CCCC. The molecule has 2 aliphatic heterocycles. The fraction of sp³-hybridized carbons (Fsp3) is 0.296. The van der Waals surface area contributed by atoms with Crippen molar-refractivity contribution in [3.63, 3.8) is 0 Å². The summed E-state index contributed by atoms with van der Waals surface area (Å²) in [6.07, 6.45) is 3.19. The first-order valence-corrected chi connectivity index (χ1v) is 11.3. The van der Waals surface area contributed by atoms with Gasteiger partial charge in [-0.2, -0.15) is 0 Å². The van der Waals surface area contributed by atoms with Crippen LogP contribution in [-0.4, -0.2) is 29.8 Å². The minimum absolute atomic E-state index is 0.0320. The Labute approximate surface area is 192 Å². The van der Waals surface area contributed by atoms with Crippen molar-refractivity contribution in [1.82, 2.24) is 4.90 Å². The Hall–Kier alpha value is -3.67. The summed E-state index contributed by atoms with van der Waals surface area (Å²) in [6, 6.07) is 10.9. The van der Waals surface area contributed by atoms with Crippen molar-refractivity contribution < 1.29 is 14.0 Å². The number of unbranched alkanes of at least 4 members (excludes halogenated alkanes) is 1. The summed E-state index contributed by atoms with van der Waals surface area (Å²) < 4.78 is 6.11. The summed E-state index contributed by atoms with van der Waals surface area (Å²) >= 11 is 0. The monoisotopic (exact) mass is 442 g/mol. The van der Waals surface area contributed by atoms with Gasteiger partial charge >= 0.3 is 0 Å². The molecule has 0 saturated carbocycles. The number of amides is 2. The van der Waals surface area contributed by atoms with E-state index in [1.165, 1.54) is 0 Å². The maximum atomic E-state index is 14.2. The molecule has 168 valence electrons. The van der Waals surface area contributed by atoms with Gasteiger partial charge in [0.1, 0.15) is 5.58 Å². The Bertz CT molecular complexity index is 1400. The van der Waals surface area contributed by atoms with E-state index < -0.39 is 11.4 Å². The number of para-hydroxylation sites is 1. The molecule has 0 N–H and O–H groups in total. The maximum absolute atomic E-state index is 14.2. The minimum Gasteiger partial charge on any atom is -0.450 e. The lowest BCUT2D eigenvalue weighted by molar-refractivity contribution is -0.126. The zero-order valence-corrected chi connectivity index (χ0v) is 19.1. The molecule has 6 nitrogen and oxygen atoms in total. The highest BCUT2D eigenvalue weighted by molar-refractivity contribution is 6.17. The molecule has 6 heteroatoms. The van der Waals surface area contributed by atoms with Gasteiger partial charge in [-0.05, 0) is 49.6 Å². The quantitative estimate of drug-likeness (QED) is 0.548. The molecule has 2 aromatic carbocycles. The number of nitrogens with zero attached hydrogens (tertiary/aromatic N) is 2. The van der Waals surface area contributed by atoms with Crippen LogP contribution in [0.4, 0.5) is 5.69 Å². The summed E-state index contributed by atoms with van der Waals surface area (Å²) in [5, 5.41) is 0.383. The molecule has 0 fully saturated rings. The van der Waals surface area contributed by atoms with Crippen LogP contribution in [-0.2, 0) is 10.3 Å². The molecule has 3 heterocycles. The Balaban J connectivity index is 1.91. The van der Waals surface area contributed by atoms with E-state index >= 15 is 0 Å². The lowest BCUT2D eigenvalue weighted by Crippen LogP contribution is -2.53. The van der Waals surface area contributed by atoms with Gasteiger partial charge in [0.15, 0.2) is 11.0 Å². The minimum atomic E-state index is -1.53. The molecule has 3 aromatic rings. The second-order valence-electron chi connectivity index (χ2n) is 8.81. The Morgan fingerprint density at radius 1 is 1.09 bits per heavy atom. The molecule has 33 heavy (non-hydrogen) atoms. The topological polar surface area (TPSA) is 70.8 Å². The number of rotatable bonds is 5. The van der Waals surface area contributed by atoms with Gasteiger partial charge < -0.3 is 14.2 Å². The first-order valence-electron chi connectivity index (χ1n) is 11.3. The van der Waals surface area contributed by atoms with Crippen LogP contribution in [0.1, 0.15) is 52.6 Å². The number of benzene rings is 2. The van der Waals surface area contributed by atoms with Crippen LogP contribution < -0.4 is 10.3 Å². The maximum Gasteiger partial charge on any atom is 0.291 e. The van der Waals surface area contributed by atoms with E-state index in [0.29, 0.717) is 35.2 Å². The van der Waals surface area contributed by atoms with E-state index in [9.17, 15) is 14.4 Å². The molecular weight excluding hydrogens is 416 g/mol. The Kier molecular flexibility index (Phi) is 4.78. The smallest absolute Gasteiger partial charge is 0.291 e. The van der Waals surface area contributed by atoms with Gasteiger partial charge in [0, 0.05) is 18.7 Å². The van der Waals surface area contributed by atoms with Crippen LogP contribution in [0.15, 0.2) is 58.3 Å². The largest absolute Gasteiger partial charge is 0.450 e. The summed E-state index contributed by atoms with van der Waals surface area (Å²) in [4.78, 5) is 45.1. The molecule has 0 saturated heterocycles. The van der Waals surface area contributed by atoms with E-state index in [4.69, 9.17) is 4.42 Å².